The molecule has 0 heterocycles. The highest BCUT2D eigenvalue weighted by Crippen LogP contribution is 2.45. The number of phosphoric acid groups is 2. The van der Waals surface area contributed by atoms with Crippen molar-refractivity contribution in [1.82, 2.24) is 0 Å². The van der Waals surface area contributed by atoms with Crippen LogP contribution in [-0.4, -0.2) is 95.9 Å². The lowest BCUT2D eigenvalue weighted by Gasteiger charge is -2.21. The number of esters is 3. The minimum Gasteiger partial charge on any atom is -0.463 e. The molecule has 4 N–H and O–H groups in total. The second-order valence-corrected chi connectivity index (χ2v) is 31.5. The average Bonchev–Trinajstić information content (AvgIpc) is 0.897. The lowest BCUT2D eigenvalue weighted by Crippen LogP contribution is -2.30. The normalized spacial score (nSPS) is 14.8. The molecule has 18 heteroatoms. The van der Waals surface area contributed by atoms with E-state index in [0.717, 1.165) is 205 Å². The van der Waals surface area contributed by atoms with E-state index in [4.69, 9.17) is 32.3 Å². The molecule has 0 radical (unpaired) electrons. The zero-order valence-electron chi connectivity index (χ0n) is 70.5. The van der Waals surface area contributed by atoms with Crippen molar-refractivity contribution in [3.8, 4) is 0 Å². The molecule has 0 aromatic rings. The number of hydrogen-bond donors (Lipinski definition) is 4. The highest BCUT2D eigenvalue weighted by molar-refractivity contribution is 7.47. The third kappa shape index (κ3) is 87.1. The summed E-state index contributed by atoms with van der Waals surface area (Å²) in [5, 5.41) is 20.7. The first-order valence-electron chi connectivity index (χ1n) is 43.7. The standard InChI is InChI=1S/C95H156O16P2/c1-4-7-10-13-16-19-22-25-28-31-34-37-40-43-44-47-49-51-54-57-60-63-66-69-72-75-78-81-93(98)105-84-90(96)85-107-112(101,102)108-86-91(97)87-109-113(103,104)110-89-92(111-95(100)83-80-77-74-71-68-65-62-59-56-53-50-46-42-39-36-33-30-27-24-21-18-15-12-9-6-3)88-106-94(99)82-79-76-73-70-67-64-61-58-55-52-48-45-41-38-35-32-29-26-23-20-17-14-11-8-5-2/h7-12,16-21,25-30,34-39,43-46,48-51,90-92,96-97H,4-6,13-15,22-24,31-33,40-42,47,52-89H2,1-3H3,(H,101,102)(H,103,104)/b10-7-,11-8-,12-9-,19-16-,20-17-,21-18-,28-25-,29-26-,30-27-,37-34-,38-35-,39-36-,44-43-,48-45-,50-46-,51-49-. The van der Waals surface area contributed by atoms with Gasteiger partial charge in [-0.25, -0.2) is 9.13 Å². The predicted octanol–water partition coefficient (Wildman–Crippen LogP) is 26.7. The van der Waals surface area contributed by atoms with Crippen LogP contribution in [0.4, 0.5) is 0 Å². The van der Waals surface area contributed by atoms with E-state index < -0.39 is 91.5 Å². The number of hydrogen-bond acceptors (Lipinski definition) is 14. The summed E-state index contributed by atoms with van der Waals surface area (Å²) >= 11 is 0. The molecule has 0 rings (SSSR count). The fourth-order valence-electron chi connectivity index (χ4n) is 11.3. The highest BCUT2D eigenvalue weighted by Gasteiger charge is 2.29. The van der Waals surface area contributed by atoms with Crippen LogP contribution >= 0.6 is 15.6 Å². The van der Waals surface area contributed by atoms with E-state index in [1.165, 1.54) is 64.2 Å². The maximum atomic E-state index is 13.1. The van der Waals surface area contributed by atoms with Gasteiger partial charge in [0.25, 0.3) is 0 Å². The van der Waals surface area contributed by atoms with Gasteiger partial charge in [-0.1, -0.05) is 344 Å². The lowest BCUT2D eigenvalue weighted by molar-refractivity contribution is -0.161. The van der Waals surface area contributed by atoms with Gasteiger partial charge in [-0.15, -0.1) is 0 Å². The SMILES string of the molecule is CC/C=C\C/C=C\C/C=C\C/C=C\C/C=C\C/C=C\CCCCCCCCCCC(=O)OCC(O)COP(=O)(O)OCC(O)COP(=O)(O)OCC(COC(=O)CCCCCCCCCCC/C=C\C/C=C\C/C=C\C/C=C\C/C=C\CC)OC(=O)CCCCCCCCCCC/C=C\C/C=C\C/C=C\C/C=C\C/C=C\CC. The van der Waals surface area contributed by atoms with Crippen molar-refractivity contribution in [2.24, 2.45) is 0 Å². The Morgan fingerprint density at radius 1 is 0.248 bits per heavy atom. The van der Waals surface area contributed by atoms with Crippen molar-refractivity contribution in [2.75, 3.05) is 39.6 Å². The third-order valence-electron chi connectivity index (χ3n) is 17.8. The van der Waals surface area contributed by atoms with Crippen LogP contribution in [0.5, 0.6) is 0 Å². The molecule has 0 aliphatic heterocycles. The third-order valence-corrected chi connectivity index (χ3v) is 19.7. The molecule has 0 saturated heterocycles. The topological polar surface area (TPSA) is 231 Å². The lowest BCUT2D eigenvalue weighted by atomic mass is 10.1. The Balaban J connectivity index is 4.72. The number of ether oxygens (including phenoxy) is 3. The van der Waals surface area contributed by atoms with Gasteiger partial charge < -0.3 is 34.2 Å². The maximum absolute atomic E-state index is 13.1. The van der Waals surface area contributed by atoms with Crippen LogP contribution in [0.3, 0.4) is 0 Å². The fraction of sp³-hybridized carbons (Fsp3) is 0.632. The van der Waals surface area contributed by atoms with Crippen LogP contribution < -0.4 is 0 Å². The molecule has 5 atom stereocenters. The summed E-state index contributed by atoms with van der Waals surface area (Å²) in [5.74, 6) is -1.60. The van der Waals surface area contributed by atoms with Crippen molar-refractivity contribution in [1.29, 1.82) is 0 Å². The van der Waals surface area contributed by atoms with Gasteiger partial charge in [0.15, 0.2) is 6.10 Å². The first kappa shape index (κ1) is 107. The van der Waals surface area contributed by atoms with Gasteiger partial charge in [0.1, 0.15) is 25.4 Å². The van der Waals surface area contributed by atoms with Crippen LogP contribution in [0.1, 0.15) is 329 Å². The molecule has 0 bridgehead atoms. The summed E-state index contributed by atoms with van der Waals surface area (Å²) in [5.41, 5.74) is 0. The zero-order valence-corrected chi connectivity index (χ0v) is 72.3. The molecule has 0 aliphatic carbocycles. The quantitative estimate of drug-likeness (QED) is 0.0146. The number of aliphatic hydroxyl groups is 2. The Labute approximate surface area is 687 Å². The summed E-state index contributed by atoms with van der Waals surface area (Å²) in [4.78, 5) is 59.0. The number of rotatable bonds is 81. The second kappa shape index (κ2) is 85.8. The number of allylic oxidation sites excluding steroid dienone is 32. The fourth-order valence-corrected chi connectivity index (χ4v) is 12.9. The van der Waals surface area contributed by atoms with Crippen LogP contribution in [0.2, 0.25) is 0 Å². The maximum Gasteiger partial charge on any atom is 0.472 e. The number of phosphoric ester groups is 2. The van der Waals surface area contributed by atoms with E-state index in [9.17, 15) is 43.5 Å². The Kier molecular flexibility index (Phi) is 81.5. The molecule has 113 heavy (non-hydrogen) atoms. The molecule has 0 fully saturated rings. The monoisotopic (exact) mass is 1620 g/mol. The largest absolute Gasteiger partial charge is 0.472 e. The zero-order chi connectivity index (χ0) is 82.2. The Morgan fingerprint density at radius 3 is 0.699 bits per heavy atom. The number of carbonyl (C=O) groups excluding carboxylic acids is 3. The Bertz CT molecular complexity index is 2830. The van der Waals surface area contributed by atoms with Gasteiger partial charge in [-0.05, 0) is 161 Å². The highest BCUT2D eigenvalue weighted by atomic mass is 31.2. The first-order chi connectivity index (χ1) is 55.2. The molecule has 16 nitrogen and oxygen atoms in total. The van der Waals surface area contributed by atoms with E-state index in [-0.39, 0.29) is 19.3 Å². The Morgan fingerprint density at radius 2 is 0.442 bits per heavy atom. The summed E-state index contributed by atoms with van der Waals surface area (Å²) in [6.07, 6.45) is 113. The molecule has 0 aliphatic rings. The molecular weight excluding hydrogens is 1460 g/mol. The van der Waals surface area contributed by atoms with Gasteiger partial charge in [-0.3, -0.25) is 32.5 Å². The van der Waals surface area contributed by atoms with Crippen molar-refractivity contribution < 1.29 is 75.8 Å². The molecule has 0 aromatic heterocycles. The minimum atomic E-state index is -4.95. The van der Waals surface area contributed by atoms with Gasteiger partial charge >= 0.3 is 33.6 Å². The Hall–Kier alpha value is -5.61. The van der Waals surface area contributed by atoms with Gasteiger partial charge in [0.05, 0.1) is 26.4 Å². The number of unbranched alkanes of at least 4 members (excludes halogenated alkanes) is 26. The number of carbonyl (C=O) groups is 3. The van der Waals surface area contributed by atoms with Crippen molar-refractivity contribution in [3.05, 3.63) is 194 Å². The second-order valence-electron chi connectivity index (χ2n) is 28.5. The van der Waals surface area contributed by atoms with Gasteiger partial charge in [-0.2, -0.15) is 0 Å². The van der Waals surface area contributed by atoms with Crippen molar-refractivity contribution in [2.45, 2.75) is 347 Å². The van der Waals surface area contributed by atoms with Crippen molar-refractivity contribution >= 4 is 33.6 Å². The summed E-state index contributed by atoms with van der Waals surface area (Å²) in [6, 6.07) is 0. The van der Waals surface area contributed by atoms with Gasteiger partial charge in [0.2, 0.25) is 0 Å². The average molecular weight is 1620 g/mol. The molecular formula is C95H156O16P2. The van der Waals surface area contributed by atoms with Crippen LogP contribution in [0.15, 0.2) is 194 Å². The smallest absolute Gasteiger partial charge is 0.463 e. The minimum absolute atomic E-state index is 0.0883. The summed E-state index contributed by atoms with van der Waals surface area (Å²) in [7, 11) is -9.82. The number of aliphatic hydroxyl groups excluding tert-OH is 2. The van der Waals surface area contributed by atoms with E-state index >= 15 is 0 Å². The molecule has 5 unspecified atom stereocenters. The van der Waals surface area contributed by atoms with Crippen LogP contribution in [-0.2, 0) is 55.8 Å². The van der Waals surface area contributed by atoms with E-state index in [0.29, 0.717) is 19.3 Å². The van der Waals surface area contributed by atoms with Crippen molar-refractivity contribution in [3.63, 3.8) is 0 Å². The summed E-state index contributed by atoms with van der Waals surface area (Å²) < 4.78 is 61.4. The summed E-state index contributed by atoms with van der Waals surface area (Å²) in [6.45, 7) is 2.33. The molecule has 0 spiro atoms. The van der Waals surface area contributed by atoms with E-state index in [1.807, 2.05) is 0 Å². The van der Waals surface area contributed by atoms with Crippen LogP contribution in [0.25, 0.3) is 0 Å². The molecule has 0 amide bonds. The van der Waals surface area contributed by atoms with E-state index in [1.54, 1.807) is 0 Å². The van der Waals surface area contributed by atoms with Gasteiger partial charge in [0, 0.05) is 19.3 Å². The van der Waals surface area contributed by atoms with Crippen LogP contribution in [0, 0.1) is 0 Å². The molecule has 642 valence electrons. The molecule has 0 saturated carbocycles. The predicted molar refractivity (Wildman–Crippen MR) is 472 cm³/mol. The molecule has 0 aromatic carbocycles. The first-order valence-corrected chi connectivity index (χ1v) is 46.7. The van der Waals surface area contributed by atoms with E-state index in [2.05, 4.69) is 215 Å².